The zero-order valence-corrected chi connectivity index (χ0v) is 13.2. The van der Waals surface area contributed by atoms with Crippen LogP contribution < -0.4 is 4.72 Å². The normalized spacial score (nSPS) is 23.8. The van der Waals surface area contributed by atoms with Gasteiger partial charge in [0.1, 0.15) is 16.5 Å². The van der Waals surface area contributed by atoms with Crippen molar-refractivity contribution < 1.29 is 17.2 Å². The highest BCUT2D eigenvalue weighted by Gasteiger charge is 2.30. The van der Waals surface area contributed by atoms with E-state index in [1.54, 1.807) is 0 Å². The molecule has 1 N–H and O–H groups in total. The molecular weight excluding hydrogens is 352 g/mol. The van der Waals surface area contributed by atoms with Gasteiger partial charge in [0.05, 0.1) is 0 Å². The monoisotopic (exact) mass is 367 g/mol. The standard InChI is InChI=1S/C13H16BrF2NO2S/c14-8-9-3-1-2-4-12(9)17-20(18,19)13-6-5-10(15)7-11(13)16/h5-7,9,12,17H,1-4,8H2. The van der Waals surface area contributed by atoms with Crippen LogP contribution in [0.25, 0.3) is 0 Å². The molecule has 0 aromatic heterocycles. The van der Waals surface area contributed by atoms with Crippen LogP contribution >= 0.6 is 15.9 Å². The van der Waals surface area contributed by atoms with E-state index in [-0.39, 0.29) is 12.0 Å². The summed E-state index contributed by atoms with van der Waals surface area (Å²) in [6.45, 7) is 0. The maximum Gasteiger partial charge on any atom is 0.243 e. The summed E-state index contributed by atoms with van der Waals surface area (Å²) in [5.74, 6) is -1.66. The molecule has 0 aliphatic heterocycles. The second-order valence-electron chi connectivity index (χ2n) is 5.00. The van der Waals surface area contributed by atoms with Crippen molar-refractivity contribution >= 4 is 26.0 Å². The second kappa shape index (κ2) is 6.49. The molecule has 2 atom stereocenters. The van der Waals surface area contributed by atoms with Crippen molar-refractivity contribution in [1.29, 1.82) is 0 Å². The lowest BCUT2D eigenvalue weighted by molar-refractivity contribution is 0.316. The predicted octanol–water partition coefficient (Wildman–Crippen LogP) is 3.20. The minimum Gasteiger partial charge on any atom is -0.208 e. The molecule has 20 heavy (non-hydrogen) atoms. The van der Waals surface area contributed by atoms with Crippen molar-refractivity contribution in [3.8, 4) is 0 Å². The van der Waals surface area contributed by atoms with E-state index < -0.39 is 26.6 Å². The van der Waals surface area contributed by atoms with Crippen molar-refractivity contribution in [3.63, 3.8) is 0 Å². The molecule has 0 bridgehead atoms. The lowest BCUT2D eigenvalue weighted by Crippen LogP contribution is -2.42. The highest BCUT2D eigenvalue weighted by Crippen LogP contribution is 2.27. The van der Waals surface area contributed by atoms with Crippen LogP contribution in [0.1, 0.15) is 25.7 Å². The average molecular weight is 368 g/mol. The third kappa shape index (κ3) is 3.56. The summed E-state index contributed by atoms with van der Waals surface area (Å²) in [5.41, 5.74) is 0. The molecule has 112 valence electrons. The molecular formula is C13H16BrF2NO2S. The highest BCUT2D eigenvalue weighted by atomic mass is 79.9. The molecule has 1 fully saturated rings. The molecule has 1 aromatic rings. The van der Waals surface area contributed by atoms with Crippen LogP contribution in [0.2, 0.25) is 0 Å². The molecule has 7 heteroatoms. The van der Waals surface area contributed by atoms with Crippen molar-refractivity contribution in [2.75, 3.05) is 5.33 Å². The van der Waals surface area contributed by atoms with Crippen molar-refractivity contribution in [2.45, 2.75) is 36.6 Å². The number of nitrogens with one attached hydrogen (secondary N) is 1. The van der Waals surface area contributed by atoms with Crippen LogP contribution in [-0.4, -0.2) is 19.8 Å². The summed E-state index contributed by atoms with van der Waals surface area (Å²) in [6, 6.07) is 2.27. The van der Waals surface area contributed by atoms with Crippen LogP contribution in [0.3, 0.4) is 0 Å². The molecule has 3 nitrogen and oxygen atoms in total. The first-order valence-electron chi connectivity index (χ1n) is 6.47. The quantitative estimate of drug-likeness (QED) is 0.830. The number of rotatable bonds is 4. The van der Waals surface area contributed by atoms with E-state index in [9.17, 15) is 17.2 Å². The van der Waals surface area contributed by atoms with Gasteiger partial charge >= 0.3 is 0 Å². The molecule has 0 saturated heterocycles. The van der Waals surface area contributed by atoms with Crippen LogP contribution in [0.5, 0.6) is 0 Å². The summed E-state index contributed by atoms with van der Waals surface area (Å²) < 4.78 is 53.4. The molecule has 1 aromatic carbocycles. The summed E-state index contributed by atoms with van der Waals surface area (Å²) in [6.07, 6.45) is 3.69. The van der Waals surface area contributed by atoms with Crippen LogP contribution in [0.4, 0.5) is 8.78 Å². The van der Waals surface area contributed by atoms with Gasteiger partial charge < -0.3 is 0 Å². The average Bonchev–Trinajstić information content (AvgIpc) is 2.38. The van der Waals surface area contributed by atoms with Gasteiger partial charge in [-0.1, -0.05) is 28.8 Å². The summed E-state index contributed by atoms with van der Waals surface area (Å²) >= 11 is 3.38. The Kier molecular flexibility index (Phi) is 5.14. The molecule has 0 amide bonds. The fourth-order valence-corrected chi connectivity index (χ4v) is 4.68. The lowest BCUT2D eigenvalue weighted by Gasteiger charge is -2.30. The van der Waals surface area contributed by atoms with Crippen LogP contribution in [0.15, 0.2) is 23.1 Å². The van der Waals surface area contributed by atoms with E-state index >= 15 is 0 Å². The minimum atomic E-state index is -3.96. The molecule has 0 heterocycles. The zero-order valence-electron chi connectivity index (χ0n) is 10.8. The number of alkyl halides is 1. The maximum atomic E-state index is 13.6. The molecule has 2 unspecified atom stereocenters. The Balaban J connectivity index is 2.22. The van der Waals surface area contributed by atoms with Gasteiger partial charge in [-0.05, 0) is 30.9 Å². The van der Waals surface area contributed by atoms with E-state index in [0.29, 0.717) is 11.4 Å². The van der Waals surface area contributed by atoms with Crippen LogP contribution in [-0.2, 0) is 10.0 Å². The van der Waals surface area contributed by atoms with Crippen LogP contribution in [0, 0.1) is 17.6 Å². The van der Waals surface area contributed by atoms with Crippen molar-refractivity contribution in [3.05, 3.63) is 29.8 Å². The largest absolute Gasteiger partial charge is 0.243 e. The SMILES string of the molecule is O=S(=O)(NC1CCCCC1CBr)c1ccc(F)cc1F. The van der Waals surface area contributed by atoms with E-state index in [4.69, 9.17) is 0 Å². The van der Waals surface area contributed by atoms with Gasteiger partial charge in [0.2, 0.25) is 10.0 Å². The Morgan fingerprint density at radius 3 is 2.60 bits per heavy atom. The van der Waals surface area contributed by atoms with E-state index in [1.807, 2.05) is 0 Å². The Bertz CT molecular complexity index is 580. The molecule has 1 aliphatic rings. The molecule has 1 saturated carbocycles. The topological polar surface area (TPSA) is 46.2 Å². The Morgan fingerprint density at radius 2 is 1.95 bits per heavy atom. The molecule has 1 aliphatic carbocycles. The van der Waals surface area contributed by atoms with Gasteiger partial charge in [-0.15, -0.1) is 0 Å². The first kappa shape index (κ1) is 15.9. The number of halogens is 3. The van der Waals surface area contributed by atoms with E-state index in [0.717, 1.165) is 37.8 Å². The third-order valence-electron chi connectivity index (χ3n) is 3.60. The third-order valence-corrected chi connectivity index (χ3v) is 5.95. The first-order valence-corrected chi connectivity index (χ1v) is 9.08. The summed E-state index contributed by atoms with van der Waals surface area (Å²) in [7, 11) is -3.96. The molecule has 0 spiro atoms. The number of sulfonamides is 1. The molecule has 2 rings (SSSR count). The summed E-state index contributed by atoms with van der Waals surface area (Å²) in [4.78, 5) is -0.502. The number of hydrogen-bond acceptors (Lipinski definition) is 2. The maximum absolute atomic E-state index is 13.6. The van der Waals surface area contributed by atoms with Crippen molar-refractivity contribution in [2.24, 2.45) is 5.92 Å². The summed E-state index contributed by atoms with van der Waals surface area (Å²) in [5, 5.41) is 0.700. The van der Waals surface area contributed by atoms with E-state index in [2.05, 4.69) is 20.7 Å². The number of benzene rings is 1. The van der Waals surface area contributed by atoms with Crippen molar-refractivity contribution in [1.82, 2.24) is 4.72 Å². The predicted molar refractivity (Wildman–Crippen MR) is 76.2 cm³/mol. The molecule has 0 radical (unpaired) electrons. The smallest absolute Gasteiger partial charge is 0.208 e. The zero-order chi connectivity index (χ0) is 14.8. The minimum absolute atomic E-state index is 0.196. The van der Waals surface area contributed by atoms with Gasteiger partial charge in [-0.25, -0.2) is 21.9 Å². The van der Waals surface area contributed by atoms with Gasteiger partial charge in [-0.3, -0.25) is 0 Å². The Labute approximate surface area is 125 Å². The fraction of sp³-hybridized carbons (Fsp3) is 0.538. The lowest BCUT2D eigenvalue weighted by atomic mass is 9.87. The highest BCUT2D eigenvalue weighted by molar-refractivity contribution is 9.09. The van der Waals surface area contributed by atoms with Gasteiger partial charge in [-0.2, -0.15) is 0 Å². The first-order chi connectivity index (χ1) is 9.44. The Morgan fingerprint density at radius 1 is 1.25 bits per heavy atom. The second-order valence-corrected chi connectivity index (χ2v) is 7.33. The Hall–Kier alpha value is -0.530. The van der Waals surface area contributed by atoms with Gasteiger partial charge in [0, 0.05) is 17.4 Å². The number of hydrogen-bond donors (Lipinski definition) is 1. The van der Waals surface area contributed by atoms with Gasteiger partial charge in [0.25, 0.3) is 0 Å². The fourth-order valence-electron chi connectivity index (χ4n) is 2.50. The van der Waals surface area contributed by atoms with E-state index in [1.165, 1.54) is 0 Å². The van der Waals surface area contributed by atoms with Gasteiger partial charge in [0.15, 0.2) is 0 Å².